The molecule has 74 valence electrons. The summed E-state index contributed by atoms with van der Waals surface area (Å²) in [4.78, 5) is 0. The van der Waals surface area contributed by atoms with E-state index in [2.05, 4.69) is 5.10 Å². The molecule has 0 aliphatic carbocycles. The van der Waals surface area contributed by atoms with Crippen LogP contribution in [0.3, 0.4) is 0 Å². The lowest BCUT2D eigenvalue weighted by atomic mass is 10.5. The van der Waals surface area contributed by atoms with Crippen LogP contribution in [0.1, 0.15) is 0 Å². The molecule has 0 atom stereocenters. The standard InChI is InChI=1S/C7H15N5O/c8-1-3-13-4-2-12-7(10)6(9)5-11-12/h5H,1-4,8-10H2. The molecule has 6 N–H and O–H groups in total. The van der Waals surface area contributed by atoms with Gasteiger partial charge >= 0.3 is 0 Å². The summed E-state index contributed by atoms with van der Waals surface area (Å²) in [6.45, 7) is 2.22. The Morgan fingerprint density at radius 1 is 1.38 bits per heavy atom. The summed E-state index contributed by atoms with van der Waals surface area (Å²) >= 11 is 0. The fourth-order valence-electron chi connectivity index (χ4n) is 0.924. The van der Waals surface area contributed by atoms with Crippen LogP contribution in [-0.2, 0) is 11.3 Å². The predicted molar refractivity (Wildman–Crippen MR) is 50.9 cm³/mol. The summed E-state index contributed by atoms with van der Waals surface area (Å²) in [5.41, 5.74) is 16.9. The molecule has 1 aromatic heterocycles. The first kappa shape index (κ1) is 9.82. The Bertz CT molecular complexity index is 259. The highest BCUT2D eigenvalue weighted by atomic mass is 16.5. The van der Waals surface area contributed by atoms with Gasteiger partial charge in [-0.1, -0.05) is 0 Å². The molecule has 13 heavy (non-hydrogen) atoms. The maximum Gasteiger partial charge on any atom is 0.145 e. The first-order chi connectivity index (χ1) is 6.25. The molecule has 0 saturated carbocycles. The number of ether oxygens (including phenoxy) is 1. The van der Waals surface area contributed by atoms with Crippen LogP contribution in [0.2, 0.25) is 0 Å². The lowest BCUT2D eigenvalue weighted by molar-refractivity contribution is 0.131. The number of nitrogens with two attached hydrogens (primary N) is 3. The van der Waals surface area contributed by atoms with Crippen molar-refractivity contribution >= 4 is 11.5 Å². The number of rotatable bonds is 5. The van der Waals surface area contributed by atoms with E-state index in [4.69, 9.17) is 21.9 Å². The van der Waals surface area contributed by atoms with E-state index in [9.17, 15) is 0 Å². The second kappa shape index (κ2) is 4.68. The van der Waals surface area contributed by atoms with Gasteiger partial charge < -0.3 is 21.9 Å². The van der Waals surface area contributed by atoms with Gasteiger partial charge in [0.15, 0.2) is 0 Å². The topological polar surface area (TPSA) is 105 Å². The van der Waals surface area contributed by atoms with Crippen LogP contribution < -0.4 is 17.2 Å². The maximum atomic E-state index is 5.61. The van der Waals surface area contributed by atoms with Crippen LogP contribution >= 0.6 is 0 Å². The Balaban J connectivity index is 2.32. The van der Waals surface area contributed by atoms with Gasteiger partial charge in [0, 0.05) is 6.54 Å². The molecule has 0 unspecified atom stereocenters. The Labute approximate surface area is 76.6 Å². The van der Waals surface area contributed by atoms with E-state index >= 15 is 0 Å². The van der Waals surface area contributed by atoms with E-state index in [1.165, 1.54) is 6.20 Å². The third kappa shape index (κ3) is 2.60. The first-order valence-electron chi connectivity index (χ1n) is 4.10. The van der Waals surface area contributed by atoms with E-state index < -0.39 is 0 Å². The van der Waals surface area contributed by atoms with Gasteiger partial charge in [-0.15, -0.1) is 0 Å². The van der Waals surface area contributed by atoms with E-state index in [0.29, 0.717) is 37.8 Å². The van der Waals surface area contributed by atoms with Gasteiger partial charge in [-0.05, 0) is 0 Å². The zero-order valence-corrected chi connectivity index (χ0v) is 7.44. The van der Waals surface area contributed by atoms with Crippen molar-refractivity contribution in [2.45, 2.75) is 6.54 Å². The summed E-state index contributed by atoms with van der Waals surface area (Å²) < 4.78 is 6.77. The minimum atomic E-state index is 0.483. The van der Waals surface area contributed by atoms with Gasteiger partial charge in [0.2, 0.25) is 0 Å². The molecular weight excluding hydrogens is 170 g/mol. The van der Waals surface area contributed by atoms with Gasteiger partial charge in [0.1, 0.15) is 5.82 Å². The summed E-state index contributed by atoms with van der Waals surface area (Å²) in [5, 5.41) is 3.97. The average molecular weight is 185 g/mol. The molecule has 0 aliphatic heterocycles. The van der Waals surface area contributed by atoms with Crippen LogP contribution in [-0.4, -0.2) is 29.5 Å². The van der Waals surface area contributed by atoms with Crippen molar-refractivity contribution in [2.24, 2.45) is 5.73 Å². The molecular formula is C7H15N5O. The number of aromatic nitrogens is 2. The fraction of sp³-hybridized carbons (Fsp3) is 0.571. The minimum absolute atomic E-state index is 0.483. The monoisotopic (exact) mass is 185 g/mol. The third-order valence-corrected chi connectivity index (χ3v) is 1.62. The van der Waals surface area contributed by atoms with Crippen LogP contribution in [0.4, 0.5) is 11.5 Å². The summed E-state index contributed by atoms with van der Waals surface area (Å²) in [6, 6.07) is 0. The number of nitrogen functional groups attached to an aromatic ring is 2. The Morgan fingerprint density at radius 2 is 2.15 bits per heavy atom. The lowest BCUT2D eigenvalue weighted by Gasteiger charge is -2.04. The Morgan fingerprint density at radius 3 is 2.69 bits per heavy atom. The molecule has 0 fully saturated rings. The van der Waals surface area contributed by atoms with E-state index in [0.717, 1.165) is 0 Å². The SMILES string of the molecule is NCCOCCn1ncc(N)c1N. The molecule has 0 aliphatic rings. The van der Waals surface area contributed by atoms with Gasteiger partial charge in [-0.25, -0.2) is 4.68 Å². The van der Waals surface area contributed by atoms with E-state index in [1.54, 1.807) is 4.68 Å². The molecule has 6 nitrogen and oxygen atoms in total. The van der Waals surface area contributed by atoms with Crippen molar-refractivity contribution in [3.8, 4) is 0 Å². The fourth-order valence-corrected chi connectivity index (χ4v) is 0.924. The molecule has 0 spiro atoms. The summed E-state index contributed by atoms with van der Waals surface area (Å²) in [5.74, 6) is 0.483. The highest BCUT2D eigenvalue weighted by Gasteiger charge is 2.02. The summed E-state index contributed by atoms with van der Waals surface area (Å²) in [7, 11) is 0. The smallest absolute Gasteiger partial charge is 0.145 e. The molecule has 1 aromatic rings. The lowest BCUT2D eigenvalue weighted by Crippen LogP contribution is -2.14. The molecule has 0 radical (unpaired) electrons. The molecule has 0 aromatic carbocycles. The van der Waals surface area contributed by atoms with Crippen molar-refractivity contribution in [2.75, 3.05) is 31.2 Å². The normalized spacial score (nSPS) is 10.5. The second-order valence-corrected chi connectivity index (χ2v) is 2.61. The minimum Gasteiger partial charge on any atom is -0.394 e. The van der Waals surface area contributed by atoms with Crippen LogP contribution in [0.5, 0.6) is 0 Å². The van der Waals surface area contributed by atoms with E-state index in [-0.39, 0.29) is 0 Å². The van der Waals surface area contributed by atoms with Crippen LogP contribution in [0.15, 0.2) is 6.20 Å². The largest absolute Gasteiger partial charge is 0.394 e. The number of hydrogen-bond acceptors (Lipinski definition) is 5. The van der Waals surface area contributed by atoms with Crippen molar-refractivity contribution in [1.29, 1.82) is 0 Å². The van der Waals surface area contributed by atoms with Crippen molar-refractivity contribution < 1.29 is 4.74 Å². The Hall–Kier alpha value is -1.27. The van der Waals surface area contributed by atoms with Gasteiger partial charge in [0.05, 0.1) is 31.6 Å². The van der Waals surface area contributed by atoms with Gasteiger partial charge in [-0.3, -0.25) is 0 Å². The van der Waals surface area contributed by atoms with Gasteiger partial charge in [0.25, 0.3) is 0 Å². The zero-order chi connectivity index (χ0) is 9.68. The Kier molecular flexibility index (Phi) is 3.53. The quantitative estimate of drug-likeness (QED) is 0.511. The first-order valence-corrected chi connectivity index (χ1v) is 4.10. The third-order valence-electron chi connectivity index (χ3n) is 1.62. The molecule has 1 rings (SSSR count). The maximum absolute atomic E-state index is 5.61. The predicted octanol–water partition coefficient (Wildman–Crippen LogP) is -0.977. The van der Waals surface area contributed by atoms with Gasteiger partial charge in [-0.2, -0.15) is 5.10 Å². The average Bonchev–Trinajstić information content (AvgIpc) is 2.43. The number of anilines is 2. The second-order valence-electron chi connectivity index (χ2n) is 2.61. The van der Waals surface area contributed by atoms with Crippen LogP contribution in [0.25, 0.3) is 0 Å². The molecule has 0 amide bonds. The summed E-state index contributed by atoms with van der Waals surface area (Å²) in [6.07, 6.45) is 1.53. The number of nitrogens with zero attached hydrogens (tertiary/aromatic N) is 2. The molecule has 6 heteroatoms. The van der Waals surface area contributed by atoms with Crippen LogP contribution in [0, 0.1) is 0 Å². The van der Waals surface area contributed by atoms with Crippen molar-refractivity contribution in [1.82, 2.24) is 9.78 Å². The highest BCUT2D eigenvalue weighted by molar-refractivity contribution is 5.56. The van der Waals surface area contributed by atoms with Crippen molar-refractivity contribution in [3.63, 3.8) is 0 Å². The van der Waals surface area contributed by atoms with Crippen molar-refractivity contribution in [3.05, 3.63) is 6.20 Å². The molecule has 1 heterocycles. The van der Waals surface area contributed by atoms with E-state index in [1.807, 2.05) is 0 Å². The molecule has 0 saturated heterocycles. The number of hydrogen-bond donors (Lipinski definition) is 3. The highest BCUT2D eigenvalue weighted by Crippen LogP contribution is 2.11. The molecule has 0 bridgehead atoms. The zero-order valence-electron chi connectivity index (χ0n) is 7.44.